The van der Waals surface area contributed by atoms with Gasteiger partial charge >= 0.3 is 0 Å². The molecule has 1 heterocycles. The first-order valence-electron chi connectivity index (χ1n) is 4.67. The molecular weight excluding hydrogens is 182 g/mol. The van der Waals surface area contributed by atoms with Crippen molar-refractivity contribution in [2.75, 3.05) is 13.2 Å². The first-order chi connectivity index (χ1) is 6.33. The Hall–Kier alpha value is -0.380. The largest absolute Gasteiger partial charge is 0.377 e. The molecule has 0 spiro atoms. The van der Waals surface area contributed by atoms with Crippen LogP contribution in [0.1, 0.15) is 18.7 Å². The van der Waals surface area contributed by atoms with Gasteiger partial charge in [0.25, 0.3) is 0 Å². The van der Waals surface area contributed by atoms with Crippen LogP contribution in [0.2, 0.25) is 0 Å². The van der Waals surface area contributed by atoms with Gasteiger partial charge in [0.15, 0.2) is 0 Å². The summed E-state index contributed by atoms with van der Waals surface area (Å²) < 4.78 is 5.40. The van der Waals surface area contributed by atoms with Crippen molar-refractivity contribution in [3.63, 3.8) is 0 Å². The molecule has 0 amide bonds. The summed E-state index contributed by atoms with van der Waals surface area (Å²) in [6, 6.07) is 4.22. The molecule has 0 saturated heterocycles. The fraction of sp³-hybridized carbons (Fsp3) is 0.600. The molecule has 0 radical (unpaired) electrons. The van der Waals surface area contributed by atoms with Gasteiger partial charge < -0.3 is 10.1 Å². The van der Waals surface area contributed by atoms with E-state index in [1.54, 1.807) is 11.3 Å². The molecule has 1 atom stereocenters. The Bertz CT molecular complexity index is 211. The van der Waals surface area contributed by atoms with Gasteiger partial charge in [0.1, 0.15) is 0 Å². The monoisotopic (exact) mass is 199 g/mol. The second kappa shape index (κ2) is 6.13. The standard InChI is InChI=1S/C10H17NOS/c1-3-12-9(2)7-11-8-10-5-4-6-13-10/h4-6,9,11H,3,7-8H2,1-2H3. The van der Waals surface area contributed by atoms with Crippen molar-refractivity contribution in [2.24, 2.45) is 0 Å². The summed E-state index contributed by atoms with van der Waals surface area (Å²) in [5.74, 6) is 0. The number of hydrogen-bond acceptors (Lipinski definition) is 3. The SMILES string of the molecule is CCOC(C)CNCc1cccs1. The molecule has 0 aliphatic carbocycles. The summed E-state index contributed by atoms with van der Waals surface area (Å²) in [7, 11) is 0. The van der Waals surface area contributed by atoms with Crippen LogP contribution in [-0.4, -0.2) is 19.3 Å². The third-order valence-electron chi connectivity index (χ3n) is 1.76. The number of thiophene rings is 1. The van der Waals surface area contributed by atoms with Crippen molar-refractivity contribution in [3.8, 4) is 0 Å². The fourth-order valence-corrected chi connectivity index (χ4v) is 1.83. The van der Waals surface area contributed by atoms with Gasteiger partial charge in [0.05, 0.1) is 6.10 Å². The van der Waals surface area contributed by atoms with Gasteiger partial charge in [-0.2, -0.15) is 0 Å². The molecule has 0 aliphatic rings. The summed E-state index contributed by atoms with van der Waals surface area (Å²) >= 11 is 1.78. The molecule has 74 valence electrons. The first kappa shape index (κ1) is 10.7. The van der Waals surface area contributed by atoms with E-state index in [9.17, 15) is 0 Å². The molecule has 2 nitrogen and oxygen atoms in total. The quantitative estimate of drug-likeness (QED) is 0.759. The summed E-state index contributed by atoms with van der Waals surface area (Å²) in [6.45, 7) is 6.78. The highest BCUT2D eigenvalue weighted by molar-refractivity contribution is 7.09. The Labute approximate surface area is 83.9 Å². The van der Waals surface area contributed by atoms with Crippen molar-refractivity contribution in [1.82, 2.24) is 5.32 Å². The van der Waals surface area contributed by atoms with E-state index < -0.39 is 0 Å². The molecule has 0 fully saturated rings. The molecule has 1 unspecified atom stereocenters. The highest BCUT2D eigenvalue weighted by Gasteiger charge is 1.99. The molecule has 0 aromatic carbocycles. The van der Waals surface area contributed by atoms with E-state index >= 15 is 0 Å². The van der Waals surface area contributed by atoms with Crippen molar-refractivity contribution < 1.29 is 4.74 Å². The van der Waals surface area contributed by atoms with Crippen LogP contribution in [0.25, 0.3) is 0 Å². The van der Waals surface area contributed by atoms with E-state index in [-0.39, 0.29) is 0 Å². The van der Waals surface area contributed by atoms with Crippen molar-refractivity contribution in [2.45, 2.75) is 26.5 Å². The Morgan fingerprint density at radius 2 is 2.46 bits per heavy atom. The molecule has 0 saturated carbocycles. The van der Waals surface area contributed by atoms with Crippen LogP contribution in [0.5, 0.6) is 0 Å². The van der Waals surface area contributed by atoms with E-state index in [1.165, 1.54) is 4.88 Å². The Morgan fingerprint density at radius 3 is 3.08 bits per heavy atom. The second-order valence-corrected chi connectivity index (χ2v) is 4.01. The van der Waals surface area contributed by atoms with E-state index in [0.717, 1.165) is 19.7 Å². The van der Waals surface area contributed by atoms with Gasteiger partial charge in [0, 0.05) is 24.6 Å². The van der Waals surface area contributed by atoms with Crippen molar-refractivity contribution in [1.29, 1.82) is 0 Å². The first-order valence-corrected chi connectivity index (χ1v) is 5.55. The maximum absolute atomic E-state index is 5.40. The molecule has 0 aliphatic heterocycles. The Kier molecular flexibility index (Phi) is 5.05. The lowest BCUT2D eigenvalue weighted by Crippen LogP contribution is -2.26. The van der Waals surface area contributed by atoms with Crippen LogP contribution in [0.15, 0.2) is 17.5 Å². The minimum Gasteiger partial charge on any atom is -0.377 e. The van der Waals surface area contributed by atoms with Gasteiger partial charge in [-0.05, 0) is 25.3 Å². The third-order valence-corrected chi connectivity index (χ3v) is 2.64. The Morgan fingerprint density at radius 1 is 1.62 bits per heavy atom. The zero-order chi connectivity index (χ0) is 9.52. The lowest BCUT2D eigenvalue weighted by Gasteiger charge is -2.11. The normalized spacial score (nSPS) is 13.1. The highest BCUT2D eigenvalue weighted by Crippen LogP contribution is 2.07. The van der Waals surface area contributed by atoms with E-state index in [0.29, 0.717) is 6.10 Å². The number of ether oxygens (including phenoxy) is 1. The maximum Gasteiger partial charge on any atom is 0.0671 e. The van der Waals surface area contributed by atoms with Crippen LogP contribution in [-0.2, 0) is 11.3 Å². The predicted octanol–water partition coefficient (Wildman–Crippen LogP) is 2.26. The van der Waals surface area contributed by atoms with E-state index in [1.807, 2.05) is 6.92 Å². The fourth-order valence-electron chi connectivity index (χ4n) is 1.16. The minimum absolute atomic E-state index is 0.310. The van der Waals surface area contributed by atoms with Crippen LogP contribution < -0.4 is 5.32 Å². The molecule has 1 N–H and O–H groups in total. The predicted molar refractivity (Wildman–Crippen MR) is 57.1 cm³/mol. The molecule has 0 bridgehead atoms. The molecular formula is C10H17NOS. The minimum atomic E-state index is 0.310. The van der Waals surface area contributed by atoms with Crippen molar-refractivity contribution in [3.05, 3.63) is 22.4 Å². The topological polar surface area (TPSA) is 21.3 Å². The highest BCUT2D eigenvalue weighted by atomic mass is 32.1. The van der Waals surface area contributed by atoms with Gasteiger partial charge in [-0.15, -0.1) is 11.3 Å². The summed E-state index contributed by atoms with van der Waals surface area (Å²) in [5, 5.41) is 5.46. The van der Waals surface area contributed by atoms with Crippen LogP contribution in [0.4, 0.5) is 0 Å². The zero-order valence-electron chi connectivity index (χ0n) is 8.25. The number of nitrogens with one attached hydrogen (secondary N) is 1. The summed E-state index contributed by atoms with van der Waals surface area (Å²) in [4.78, 5) is 1.38. The van der Waals surface area contributed by atoms with E-state index in [4.69, 9.17) is 4.74 Å². The lowest BCUT2D eigenvalue weighted by molar-refractivity contribution is 0.0760. The third kappa shape index (κ3) is 4.41. The van der Waals surface area contributed by atoms with Crippen LogP contribution in [0, 0.1) is 0 Å². The zero-order valence-corrected chi connectivity index (χ0v) is 9.06. The van der Waals surface area contributed by atoms with Crippen LogP contribution in [0.3, 0.4) is 0 Å². The second-order valence-electron chi connectivity index (χ2n) is 2.98. The molecule has 1 aromatic rings. The summed E-state index contributed by atoms with van der Waals surface area (Å²) in [6.07, 6.45) is 0.310. The van der Waals surface area contributed by atoms with E-state index in [2.05, 4.69) is 29.8 Å². The molecule has 1 rings (SSSR count). The van der Waals surface area contributed by atoms with Gasteiger partial charge in [0.2, 0.25) is 0 Å². The lowest BCUT2D eigenvalue weighted by atomic mass is 10.4. The average Bonchev–Trinajstić information content (AvgIpc) is 2.57. The maximum atomic E-state index is 5.40. The Balaban J connectivity index is 2.07. The average molecular weight is 199 g/mol. The summed E-state index contributed by atoms with van der Waals surface area (Å²) in [5.41, 5.74) is 0. The number of rotatable bonds is 6. The molecule has 1 aromatic heterocycles. The molecule has 3 heteroatoms. The van der Waals surface area contributed by atoms with Gasteiger partial charge in [-0.1, -0.05) is 6.07 Å². The van der Waals surface area contributed by atoms with Crippen molar-refractivity contribution >= 4 is 11.3 Å². The van der Waals surface area contributed by atoms with Gasteiger partial charge in [-0.3, -0.25) is 0 Å². The smallest absolute Gasteiger partial charge is 0.0671 e. The van der Waals surface area contributed by atoms with Crippen LogP contribution >= 0.6 is 11.3 Å². The van der Waals surface area contributed by atoms with Gasteiger partial charge in [-0.25, -0.2) is 0 Å². The number of hydrogen-bond donors (Lipinski definition) is 1. The molecule has 13 heavy (non-hydrogen) atoms.